The Bertz CT molecular complexity index is 430. The summed E-state index contributed by atoms with van der Waals surface area (Å²) in [6.07, 6.45) is 4.42. The second kappa shape index (κ2) is 6.07. The number of hydroxylamine groups is 1. The maximum atomic E-state index is 12.0. The van der Waals surface area contributed by atoms with Crippen molar-refractivity contribution in [3.05, 3.63) is 28.8 Å². The highest BCUT2D eigenvalue weighted by Crippen LogP contribution is 2.23. The Morgan fingerprint density at radius 1 is 1.39 bits per heavy atom. The number of carbonyl (C=O) groups is 1. The highest BCUT2D eigenvalue weighted by molar-refractivity contribution is 6.31. The van der Waals surface area contributed by atoms with E-state index in [1.54, 1.807) is 18.2 Å². The van der Waals surface area contributed by atoms with Gasteiger partial charge in [0, 0.05) is 5.02 Å². The Morgan fingerprint density at radius 2 is 2.11 bits per heavy atom. The first-order valence-electron chi connectivity index (χ1n) is 6.00. The van der Waals surface area contributed by atoms with Crippen LogP contribution in [0, 0.1) is 0 Å². The van der Waals surface area contributed by atoms with Crippen LogP contribution >= 0.6 is 11.6 Å². The Kier molecular flexibility index (Phi) is 4.44. The maximum absolute atomic E-state index is 12.0. The lowest BCUT2D eigenvalue weighted by molar-refractivity contribution is -0.0126. The zero-order chi connectivity index (χ0) is 13.0. The second-order valence-electron chi connectivity index (χ2n) is 4.30. The molecule has 1 amide bonds. The minimum Gasteiger partial charge on any atom is -0.496 e. The summed E-state index contributed by atoms with van der Waals surface area (Å²) in [6.45, 7) is 0. The number of hydrogen-bond donors (Lipinski definition) is 1. The number of ether oxygens (including phenoxy) is 1. The molecule has 1 N–H and O–H groups in total. The predicted molar refractivity (Wildman–Crippen MR) is 68.8 cm³/mol. The van der Waals surface area contributed by atoms with Crippen LogP contribution in [0.15, 0.2) is 18.2 Å². The molecular formula is C13H16ClNO3. The Hall–Kier alpha value is -1.26. The molecule has 1 aliphatic rings. The molecule has 1 aromatic rings. The molecule has 1 aromatic carbocycles. The third kappa shape index (κ3) is 3.15. The summed E-state index contributed by atoms with van der Waals surface area (Å²) in [5.74, 6) is 0.146. The SMILES string of the molecule is COc1ccc(Cl)cc1C(=O)NOC1CCCC1. The lowest BCUT2D eigenvalue weighted by Gasteiger charge is -2.13. The molecule has 0 aromatic heterocycles. The van der Waals surface area contributed by atoms with Crippen molar-refractivity contribution in [1.29, 1.82) is 0 Å². The molecule has 5 heteroatoms. The van der Waals surface area contributed by atoms with Crippen molar-refractivity contribution in [2.75, 3.05) is 7.11 Å². The van der Waals surface area contributed by atoms with Crippen LogP contribution in [0.25, 0.3) is 0 Å². The van der Waals surface area contributed by atoms with Gasteiger partial charge in [0.1, 0.15) is 5.75 Å². The molecule has 1 saturated carbocycles. The van der Waals surface area contributed by atoms with Crippen LogP contribution in [0.5, 0.6) is 5.75 Å². The van der Waals surface area contributed by atoms with Gasteiger partial charge in [0.05, 0.1) is 18.8 Å². The summed E-state index contributed by atoms with van der Waals surface area (Å²) in [5.41, 5.74) is 2.84. The quantitative estimate of drug-likeness (QED) is 0.855. The lowest BCUT2D eigenvalue weighted by Crippen LogP contribution is -2.28. The summed E-state index contributed by atoms with van der Waals surface area (Å²) in [5, 5.41) is 0.488. The van der Waals surface area contributed by atoms with E-state index in [4.69, 9.17) is 21.2 Å². The van der Waals surface area contributed by atoms with Crippen LogP contribution < -0.4 is 10.2 Å². The molecular weight excluding hydrogens is 254 g/mol. The second-order valence-corrected chi connectivity index (χ2v) is 4.74. The van der Waals surface area contributed by atoms with Gasteiger partial charge in [-0.3, -0.25) is 9.63 Å². The average molecular weight is 270 g/mol. The van der Waals surface area contributed by atoms with Crippen LogP contribution in [0.2, 0.25) is 5.02 Å². The minimum absolute atomic E-state index is 0.124. The van der Waals surface area contributed by atoms with E-state index < -0.39 is 0 Å². The van der Waals surface area contributed by atoms with Crippen LogP contribution in [0.3, 0.4) is 0 Å². The van der Waals surface area contributed by atoms with Gasteiger partial charge in [0.15, 0.2) is 0 Å². The zero-order valence-electron chi connectivity index (χ0n) is 10.2. The van der Waals surface area contributed by atoms with E-state index in [0.29, 0.717) is 16.3 Å². The van der Waals surface area contributed by atoms with E-state index in [1.807, 2.05) is 0 Å². The number of halogens is 1. The normalized spacial score (nSPS) is 15.7. The standard InChI is InChI=1S/C13H16ClNO3/c1-17-12-7-6-9(14)8-11(12)13(16)15-18-10-4-2-3-5-10/h6-8,10H,2-5H2,1H3,(H,15,16). The fraction of sp³-hybridized carbons (Fsp3) is 0.462. The van der Waals surface area contributed by atoms with E-state index in [2.05, 4.69) is 5.48 Å². The van der Waals surface area contributed by atoms with E-state index in [1.165, 1.54) is 7.11 Å². The summed E-state index contributed by atoms with van der Waals surface area (Å²) in [6, 6.07) is 4.90. The summed E-state index contributed by atoms with van der Waals surface area (Å²) < 4.78 is 5.12. The predicted octanol–water partition coefficient (Wildman–Crippen LogP) is 2.95. The Balaban J connectivity index is 2.00. The first-order valence-corrected chi connectivity index (χ1v) is 6.38. The number of benzene rings is 1. The lowest BCUT2D eigenvalue weighted by atomic mass is 10.2. The highest BCUT2D eigenvalue weighted by atomic mass is 35.5. The van der Waals surface area contributed by atoms with Crippen LogP contribution in [-0.2, 0) is 4.84 Å². The molecule has 0 saturated heterocycles. The van der Waals surface area contributed by atoms with Crippen molar-refractivity contribution in [2.45, 2.75) is 31.8 Å². The van der Waals surface area contributed by atoms with Crippen molar-refractivity contribution < 1.29 is 14.4 Å². The molecule has 0 bridgehead atoms. The molecule has 0 unspecified atom stereocenters. The summed E-state index contributed by atoms with van der Waals surface area (Å²) in [7, 11) is 1.51. The molecule has 0 spiro atoms. The molecule has 4 nitrogen and oxygen atoms in total. The number of methoxy groups -OCH3 is 1. The molecule has 18 heavy (non-hydrogen) atoms. The van der Waals surface area contributed by atoms with E-state index in [9.17, 15) is 4.79 Å². The van der Waals surface area contributed by atoms with Gasteiger partial charge >= 0.3 is 0 Å². The number of carbonyl (C=O) groups excluding carboxylic acids is 1. The monoisotopic (exact) mass is 269 g/mol. The topological polar surface area (TPSA) is 47.6 Å². The smallest absolute Gasteiger partial charge is 0.278 e. The molecule has 0 radical (unpaired) electrons. The average Bonchev–Trinajstić information content (AvgIpc) is 2.89. The minimum atomic E-state index is -0.332. The van der Waals surface area contributed by atoms with Crippen LogP contribution in [-0.4, -0.2) is 19.1 Å². The number of amides is 1. The molecule has 0 aliphatic heterocycles. The molecule has 0 atom stereocenters. The zero-order valence-corrected chi connectivity index (χ0v) is 11.0. The van der Waals surface area contributed by atoms with Crippen molar-refractivity contribution in [3.63, 3.8) is 0 Å². The van der Waals surface area contributed by atoms with Crippen molar-refractivity contribution in [2.24, 2.45) is 0 Å². The first-order chi connectivity index (χ1) is 8.70. The van der Waals surface area contributed by atoms with E-state index in [0.717, 1.165) is 25.7 Å². The number of hydrogen-bond acceptors (Lipinski definition) is 3. The van der Waals surface area contributed by atoms with Crippen LogP contribution in [0.4, 0.5) is 0 Å². The molecule has 1 fully saturated rings. The molecule has 2 rings (SSSR count). The highest BCUT2D eigenvalue weighted by Gasteiger charge is 2.19. The fourth-order valence-corrected chi connectivity index (χ4v) is 2.23. The number of nitrogens with one attached hydrogen (secondary N) is 1. The molecule has 0 heterocycles. The Morgan fingerprint density at radius 3 is 2.78 bits per heavy atom. The van der Waals surface area contributed by atoms with Gasteiger partial charge < -0.3 is 4.74 Å². The van der Waals surface area contributed by atoms with Crippen molar-refractivity contribution in [1.82, 2.24) is 5.48 Å². The van der Waals surface area contributed by atoms with E-state index >= 15 is 0 Å². The van der Waals surface area contributed by atoms with Gasteiger partial charge in [-0.05, 0) is 31.0 Å². The first kappa shape index (κ1) is 13.2. The van der Waals surface area contributed by atoms with Gasteiger partial charge in [0.2, 0.25) is 0 Å². The van der Waals surface area contributed by atoms with Gasteiger partial charge in [0.25, 0.3) is 5.91 Å². The van der Waals surface area contributed by atoms with E-state index in [-0.39, 0.29) is 12.0 Å². The summed E-state index contributed by atoms with van der Waals surface area (Å²) in [4.78, 5) is 17.3. The summed E-state index contributed by atoms with van der Waals surface area (Å²) >= 11 is 5.87. The molecule has 98 valence electrons. The number of rotatable bonds is 4. The van der Waals surface area contributed by atoms with Crippen molar-refractivity contribution >= 4 is 17.5 Å². The van der Waals surface area contributed by atoms with Gasteiger partial charge in [-0.15, -0.1) is 0 Å². The third-order valence-corrected chi connectivity index (χ3v) is 3.26. The third-order valence-electron chi connectivity index (χ3n) is 3.03. The van der Waals surface area contributed by atoms with Crippen LogP contribution in [0.1, 0.15) is 36.0 Å². The van der Waals surface area contributed by atoms with Crippen molar-refractivity contribution in [3.8, 4) is 5.75 Å². The fourth-order valence-electron chi connectivity index (χ4n) is 2.06. The Labute approximate surface area is 111 Å². The van der Waals surface area contributed by atoms with Gasteiger partial charge in [-0.25, -0.2) is 5.48 Å². The maximum Gasteiger partial charge on any atom is 0.278 e. The van der Waals surface area contributed by atoms with Gasteiger partial charge in [-0.2, -0.15) is 0 Å². The largest absolute Gasteiger partial charge is 0.496 e. The molecule has 1 aliphatic carbocycles. The van der Waals surface area contributed by atoms with Gasteiger partial charge in [-0.1, -0.05) is 24.4 Å².